The van der Waals surface area contributed by atoms with Crippen LogP contribution in [0.5, 0.6) is 5.75 Å². The molecule has 1 heterocycles. The zero-order valence-corrected chi connectivity index (χ0v) is 18.1. The molecule has 1 amide bonds. The number of carbonyl (C=O) groups excluding carboxylic acids is 1. The van der Waals surface area contributed by atoms with E-state index in [2.05, 4.69) is 46.2 Å². The van der Waals surface area contributed by atoms with Crippen LogP contribution in [0.25, 0.3) is 0 Å². The first-order valence-corrected chi connectivity index (χ1v) is 11.0. The van der Waals surface area contributed by atoms with E-state index in [-0.39, 0.29) is 11.8 Å². The minimum Gasteiger partial charge on any atom is -0.497 e. The molecule has 3 aromatic carbocycles. The number of amides is 1. The minimum absolute atomic E-state index is 0.195. The Kier molecular flexibility index (Phi) is 7.00. The van der Waals surface area contributed by atoms with Crippen molar-refractivity contribution < 1.29 is 9.53 Å². The fourth-order valence-corrected chi connectivity index (χ4v) is 4.33. The van der Waals surface area contributed by atoms with Crippen LogP contribution in [0.4, 0.5) is 0 Å². The Bertz CT molecular complexity index is 935. The van der Waals surface area contributed by atoms with E-state index in [4.69, 9.17) is 4.74 Å². The molecule has 0 N–H and O–H groups in total. The molecule has 31 heavy (non-hydrogen) atoms. The monoisotopic (exact) mass is 414 g/mol. The summed E-state index contributed by atoms with van der Waals surface area (Å²) in [5, 5.41) is 0. The summed E-state index contributed by atoms with van der Waals surface area (Å²) >= 11 is 0. The van der Waals surface area contributed by atoms with Gasteiger partial charge in [-0.05, 0) is 35.2 Å². The average Bonchev–Trinajstić information content (AvgIpc) is 3.06. The van der Waals surface area contributed by atoms with Crippen LogP contribution < -0.4 is 4.74 Å². The van der Waals surface area contributed by atoms with E-state index in [1.807, 2.05) is 48.5 Å². The molecule has 0 unspecified atom stereocenters. The fourth-order valence-electron chi connectivity index (χ4n) is 4.33. The molecule has 0 aliphatic carbocycles. The number of benzene rings is 3. The second kappa shape index (κ2) is 10.3. The first-order valence-electron chi connectivity index (χ1n) is 11.0. The van der Waals surface area contributed by atoms with Crippen LogP contribution >= 0.6 is 0 Å². The van der Waals surface area contributed by atoms with E-state index in [9.17, 15) is 4.79 Å². The number of rotatable bonds is 6. The van der Waals surface area contributed by atoms with Crippen molar-refractivity contribution in [1.29, 1.82) is 0 Å². The highest BCUT2D eigenvalue weighted by atomic mass is 16.5. The normalized spacial score (nSPS) is 15.0. The van der Waals surface area contributed by atoms with Crippen molar-refractivity contribution in [2.75, 3.05) is 33.3 Å². The van der Waals surface area contributed by atoms with Crippen LogP contribution in [0.15, 0.2) is 84.9 Å². The number of nitrogens with zero attached hydrogens (tertiary/aromatic N) is 2. The second-order valence-electron chi connectivity index (χ2n) is 8.06. The molecule has 4 rings (SSSR count). The lowest BCUT2D eigenvalue weighted by Crippen LogP contribution is -2.38. The van der Waals surface area contributed by atoms with E-state index < -0.39 is 0 Å². The van der Waals surface area contributed by atoms with Crippen molar-refractivity contribution in [3.8, 4) is 5.75 Å². The summed E-state index contributed by atoms with van der Waals surface area (Å²) in [6, 6.07) is 28.5. The van der Waals surface area contributed by atoms with Crippen molar-refractivity contribution in [3.63, 3.8) is 0 Å². The van der Waals surface area contributed by atoms with Crippen molar-refractivity contribution in [1.82, 2.24) is 9.80 Å². The van der Waals surface area contributed by atoms with E-state index in [0.29, 0.717) is 0 Å². The summed E-state index contributed by atoms with van der Waals surface area (Å²) in [5.41, 5.74) is 3.35. The lowest BCUT2D eigenvalue weighted by molar-refractivity contribution is -0.131. The molecular weight excluding hydrogens is 384 g/mol. The lowest BCUT2D eigenvalue weighted by atomic mass is 9.90. The number of methoxy groups -OCH3 is 1. The maximum Gasteiger partial charge on any atom is 0.234 e. The van der Waals surface area contributed by atoms with Gasteiger partial charge < -0.3 is 9.64 Å². The molecule has 4 heteroatoms. The van der Waals surface area contributed by atoms with Crippen LogP contribution in [0.2, 0.25) is 0 Å². The summed E-state index contributed by atoms with van der Waals surface area (Å²) in [5.74, 6) is 0.825. The Balaban J connectivity index is 1.47. The second-order valence-corrected chi connectivity index (χ2v) is 8.06. The molecule has 1 fully saturated rings. The Morgan fingerprint density at radius 3 is 2.16 bits per heavy atom. The first-order chi connectivity index (χ1) is 15.2. The molecular formula is C27H30N2O2. The van der Waals surface area contributed by atoms with Gasteiger partial charge in [0.05, 0.1) is 13.0 Å². The number of carbonyl (C=O) groups is 1. The van der Waals surface area contributed by atoms with E-state index >= 15 is 0 Å². The minimum atomic E-state index is -0.257. The fraction of sp³-hybridized carbons (Fsp3) is 0.296. The van der Waals surface area contributed by atoms with Crippen molar-refractivity contribution in [2.45, 2.75) is 18.9 Å². The van der Waals surface area contributed by atoms with Gasteiger partial charge in [0.25, 0.3) is 0 Å². The SMILES string of the molecule is COc1cccc(CN2CCCN(C(=O)C(c3ccccc3)c3ccccc3)CC2)c1. The third-order valence-corrected chi connectivity index (χ3v) is 5.95. The van der Waals surface area contributed by atoms with Crippen LogP contribution in [0, 0.1) is 0 Å². The topological polar surface area (TPSA) is 32.8 Å². The third-order valence-electron chi connectivity index (χ3n) is 5.95. The van der Waals surface area contributed by atoms with Crippen LogP contribution in [0.3, 0.4) is 0 Å². The van der Waals surface area contributed by atoms with Crippen molar-refractivity contribution in [3.05, 3.63) is 102 Å². The molecule has 3 aromatic rings. The Labute approximate surface area is 185 Å². The Morgan fingerprint density at radius 2 is 1.52 bits per heavy atom. The van der Waals surface area contributed by atoms with Gasteiger partial charge in [0.15, 0.2) is 0 Å². The van der Waals surface area contributed by atoms with Gasteiger partial charge >= 0.3 is 0 Å². The molecule has 1 saturated heterocycles. The summed E-state index contributed by atoms with van der Waals surface area (Å²) in [7, 11) is 1.70. The highest BCUT2D eigenvalue weighted by Crippen LogP contribution is 2.27. The number of hydrogen-bond acceptors (Lipinski definition) is 3. The molecule has 160 valence electrons. The molecule has 0 bridgehead atoms. The Hall–Kier alpha value is -3.11. The quantitative estimate of drug-likeness (QED) is 0.593. The molecule has 4 nitrogen and oxygen atoms in total. The van der Waals surface area contributed by atoms with Crippen LogP contribution in [-0.2, 0) is 11.3 Å². The molecule has 0 aromatic heterocycles. The van der Waals surface area contributed by atoms with Crippen molar-refractivity contribution in [2.24, 2.45) is 0 Å². The third kappa shape index (κ3) is 5.33. The van der Waals surface area contributed by atoms with Gasteiger partial charge in [-0.2, -0.15) is 0 Å². The highest BCUT2D eigenvalue weighted by Gasteiger charge is 2.28. The molecule has 1 aliphatic rings. The summed E-state index contributed by atoms with van der Waals surface area (Å²) in [6.45, 7) is 4.28. The molecule has 0 saturated carbocycles. The van der Waals surface area contributed by atoms with Gasteiger partial charge in [0.1, 0.15) is 5.75 Å². The predicted octanol–water partition coefficient (Wildman–Crippen LogP) is 4.56. The molecule has 1 aliphatic heterocycles. The van der Waals surface area contributed by atoms with Gasteiger partial charge in [0, 0.05) is 32.7 Å². The first kappa shape index (κ1) is 21.1. The maximum absolute atomic E-state index is 13.7. The van der Waals surface area contributed by atoms with E-state index in [1.165, 1.54) is 5.56 Å². The summed E-state index contributed by atoms with van der Waals surface area (Å²) in [4.78, 5) is 18.2. The van der Waals surface area contributed by atoms with Crippen LogP contribution in [0.1, 0.15) is 29.0 Å². The largest absolute Gasteiger partial charge is 0.497 e. The number of hydrogen-bond donors (Lipinski definition) is 0. The highest BCUT2D eigenvalue weighted by molar-refractivity contribution is 5.87. The summed E-state index contributed by atoms with van der Waals surface area (Å²) in [6.07, 6.45) is 0.978. The zero-order valence-electron chi connectivity index (χ0n) is 18.1. The Morgan fingerprint density at radius 1 is 0.839 bits per heavy atom. The molecule has 0 atom stereocenters. The standard InChI is InChI=1S/C27H30N2O2/c1-31-25-15-8-10-22(20-25)21-28-16-9-17-29(19-18-28)27(30)26(23-11-4-2-5-12-23)24-13-6-3-7-14-24/h2-8,10-15,20,26H,9,16-19,21H2,1H3. The van der Waals surface area contributed by atoms with Gasteiger partial charge in [-0.15, -0.1) is 0 Å². The maximum atomic E-state index is 13.7. The predicted molar refractivity (Wildman–Crippen MR) is 124 cm³/mol. The van der Waals surface area contributed by atoms with Crippen molar-refractivity contribution >= 4 is 5.91 Å². The molecule has 0 spiro atoms. The van der Waals surface area contributed by atoms with Gasteiger partial charge in [0.2, 0.25) is 5.91 Å². The number of ether oxygens (including phenoxy) is 1. The van der Waals surface area contributed by atoms with Gasteiger partial charge in [-0.3, -0.25) is 9.69 Å². The van der Waals surface area contributed by atoms with Gasteiger partial charge in [-0.25, -0.2) is 0 Å². The smallest absolute Gasteiger partial charge is 0.234 e. The van der Waals surface area contributed by atoms with E-state index in [0.717, 1.165) is 56.0 Å². The van der Waals surface area contributed by atoms with Crippen LogP contribution in [-0.4, -0.2) is 49.0 Å². The average molecular weight is 415 g/mol. The molecule has 0 radical (unpaired) electrons. The summed E-state index contributed by atoms with van der Waals surface area (Å²) < 4.78 is 5.36. The van der Waals surface area contributed by atoms with Gasteiger partial charge in [-0.1, -0.05) is 72.8 Å². The van der Waals surface area contributed by atoms with E-state index in [1.54, 1.807) is 7.11 Å². The zero-order chi connectivity index (χ0) is 21.5. The lowest BCUT2D eigenvalue weighted by Gasteiger charge is -2.27.